The summed E-state index contributed by atoms with van der Waals surface area (Å²) < 4.78 is 18.3. The molecule has 0 heterocycles. The second-order valence-electron chi connectivity index (χ2n) is 4.18. The normalized spacial score (nSPS) is 12.5. The summed E-state index contributed by atoms with van der Waals surface area (Å²) in [5, 5.41) is 3.28. The lowest BCUT2D eigenvalue weighted by molar-refractivity contribution is 0.386. The summed E-state index contributed by atoms with van der Waals surface area (Å²) in [6.07, 6.45) is 0.992. The molecule has 0 aliphatic carbocycles. The van der Waals surface area contributed by atoms with E-state index >= 15 is 0 Å². The fourth-order valence-electron chi connectivity index (χ4n) is 1.57. The van der Waals surface area contributed by atoms with E-state index in [0.29, 0.717) is 18.3 Å². The molecule has 1 N–H and O–H groups in total. The van der Waals surface area contributed by atoms with Crippen LogP contribution in [0, 0.1) is 11.7 Å². The van der Waals surface area contributed by atoms with Crippen LogP contribution in [0.1, 0.15) is 18.9 Å². The first-order valence-electron chi connectivity index (χ1n) is 5.76. The smallest absolute Gasteiger partial charge is 0.165 e. The number of hydrogen-bond acceptors (Lipinski definition) is 2. The van der Waals surface area contributed by atoms with E-state index in [1.165, 1.54) is 13.2 Å². The van der Waals surface area contributed by atoms with E-state index in [0.717, 1.165) is 18.5 Å². The third-order valence-corrected chi connectivity index (χ3v) is 2.86. The maximum atomic E-state index is 13.4. The molecule has 2 nitrogen and oxygen atoms in total. The van der Waals surface area contributed by atoms with Gasteiger partial charge in [-0.1, -0.05) is 13.0 Å². The van der Waals surface area contributed by atoms with Gasteiger partial charge >= 0.3 is 0 Å². The Balaban J connectivity index is 2.39. The van der Waals surface area contributed by atoms with Crippen molar-refractivity contribution < 1.29 is 9.13 Å². The second kappa shape index (κ2) is 7.51. The molecule has 0 bridgehead atoms. The molecule has 1 atom stereocenters. The van der Waals surface area contributed by atoms with Crippen molar-refractivity contribution in [2.24, 2.45) is 5.92 Å². The third kappa shape index (κ3) is 4.92. The lowest BCUT2D eigenvalue weighted by atomic mass is 10.1. The Bertz CT molecular complexity index is 346. The predicted octanol–water partition coefficient (Wildman–Crippen LogP) is 3.19. The van der Waals surface area contributed by atoms with Crippen molar-refractivity contribution in [3.05, 3.63) is 29.6 Å². The Labute approximate surface area is 107 Å². The van der Waals surface area contributed by atoms with E-state index in [1.807, 2.05) is 6.07 Å². The van der Waals surface area contributed by atoms with Crippen LogP contribution in [0.15, 0.2) is 18.2 Å². The maximum absolute atomic E-state index is 13.4. The van der Waals surface area contributed by atoms with Crippen LogP contribution in [0.3, 0.4) is 0 Å². The molecule has 0 saturated heterocycles. The van der Waals surface area contributed by atoms with Gasteiger partial charge in [0, 0.05) is 12.4 Å². The van der Waals surface area contributed by atoms with Crippen molar-refractivity contribution in [3.63, 3.8) is 0 Å². The molecule has 0 amide bonds. The van der Waals surface area contributed by atoms with Gasteiger partial charge in [0.25, 0.3) is 0 Å². The van der Waals surface area contributed by atoms with Crippen LogP contribution < -0.4 is 10.1 Å². The van der Waals surface area contributed by atoms with Gasteiger partial charge in [0.1, 0.15) is 0 Å². The van der Waals surface area contributed by atoms with Crippen molar-refractivity contribution in [3.8, 4) is 5.75 Å². The molecule has 4 heteroatoms. The lowest BCUT2D eigenvalue weighted by Gasteiger charge is -2.11. The van der Waals surface area contributed by atoms with E-state index in [1.54, 1.807) is 6.07 Å². The molecule has 1 aromatic rings. The van der Waals surface area contributed by atoms with Crippen molar-refractivity contribution >= 4 is 11.6 Å². The molecule has 1 unspecified atom stereocenters. The lowest BCUT2D eigenvalue weighted by Crippen LogP contribution is -2.21. The van der Waals surface area contributed by atoms with Crippen molar-refractivity contribution in [2.75, 3.05) is 19.5 Å². The van der Waals surface area contributed by atoms with Crippen LogP contribution in [0.25, 0.3) is 0 Å². The van der Waals surface area contributed by atoms with Crippen LogP contribution in [-0.2, 0) is 6.54 Å². The Morgan fingerprint density at radius 2 is 2.24 bits per heavy atom. The molecule has 0 saturated carbocycles. The fraction of sp³-hybridized carbons (Fsp3) is 0.538. The number of ether oxygens (including phenoxy) is 1. The van der Waals surface area contributed by atoms with E-state index in [4.69, 9.17) is 16.3 Å². The molecule has 1 aromatic carbocycles. The monoisotopic (exact) mass is 259 g/mol. The average molecular weight is 260 g/mol. The number of rotatable bonds is 7. The van der Waals surface area contributed by atoms with Gasteiger partial charge in [-0.15, -0.1) is 11.6 Å². The van der Waals surface area contributed by atoms with Gasteiger partial charge in [0.05, 0.1) is 7.11 Å². The minimum Gasteiger partial charge on any atom is -0.494 e. The van der Waals surface area contributed by atoms with Gasteiger partial charge in [-0.3, -0.25) is 0 Å². The maximum Gasteiger partial charge on any atom is 0.165 e. The minimum absolute atomic E-state index is 0.282. The highest BCUT2D eigenvalue weighted by atomic mass is 35.5. The molecule has 1 rings (SSSR count). The van der Waals surface area contributed by atoms with E-state index in [-0.39, 0.29) is 11.6 Å². The molecular formula is C13H19ClFNO. The highest BCUT2D eigenvalue weighted by molar-refractivity contribution is 6.17. The zero-order chi connectivity index (χ0) is 12.7. The largest absolute Gasteiger partial charge is 0.494 e. The topological polar surface area (TPSA) is 21.3 Å². The fourth-order valence-corrected chi connectivity index (χ4v) is 1.94. The Kier molecular flexibility index (Phi) is 6.30. The highest BCUT2D eigenvalue weighted by Gasteiger charge is 2.04. The zero-order valence-corrected chi connectivity index (χ0v) is 11.1. The number of benzene rings is 1. The molecule has 17 heavy (non-hydrogen) atoms. The number of nitrogens with one attached hydrogen (secondary N) is 1. The van der Waals surface area contributed by atoms with Crippen LogP contribution in [-0.4, -0.2) is 19.5 Å². The van der Waals surface area contributed by atoms with Gasteiger partial charge in [0.2, 0.25) is 0 Å². The van der Waals surface area contributed by atoms with Crippen LogP contribution >= 0.6 is 11.6 Å². The summed E-state index contributed by atoms with van der Waals surface area (Å²) in [5.74, 6) is 1.18. The molecule has 96 valence electrons. The third-order valence-electron chi connectivity index (χ3n) is 2.64. The summed E-state index contributed by atoms with van der Waals surface area (Å²) in [4.78, 5) is 0. The summed E-state index contributed by atoms with van der Waals surface area (Å²) in [6.45, 7) is 3.69. The SMILES string of the molecule is COc1ccc(CNCC(C)CCCl)cc1F. The first-order chi connectivity index (χ1) is 8.17. The zero-order valence-electron chi connectivity index (χ0n) is 10.3. The molecule has 0 aliphatic heterocycles. The Morgan fingerprint density at radius 3 is 2.82 bits per heavy atom. The number of hydrogen-bond donors (Lipinski definition) is 1. The highest BCUT2D eigenvalue weighted by Crippen LogP contribution is 2.17. The van der Waals surface area contributed by atoms with Crippen LogP contribution in [0.4, 0.5) is 4.39 Å². The number of halogens is 2. The summed E-state index contributed by atoms with van der Waals surface area (Å²) in [7, 11) is 1.46. The Morgan fingerprint density at radius 1 is 1.47 bits per heavy atom. The quantitative estimate of drug-likeness (QED) is 0.760. The standard InChI is InChI=1S/C13H19ClFNO/c1-10(5-6-14)8-16-9-11-3-4-13(17-2)12(15)7-11/h3-4,7,10,16H,5-6,8-9H2,1-2H3. The second-order valence-corrected chi connectivity index (χ2v) is 4.56. The number of methoxy groups -OCH3 is 1. The molecule has 0 fully saturated rings. The summed E-state index contributed by atoms with van der Waals surface area (Å²) >= 11 is 5.66. The number of alkyl halides is 1. The Hall–Kier alpha value is -0.800. The van der Waals surface area contributed by atoms with E-state index < -0.39 is 0 Å². The van der Waals surface area contributed by atoms with Gasteiger partial charge in [-0.05, 0) is 36.6 Å². The molecule has 0 spiro atoms. The van der Waals surface area contributed by atoms with Gasteiger partial charge in [-0.25, -0.2) is 4.39 Å². The van der Waals surface area contributed by atoms with Gasteiger partial charge < -0.3 is 10.1 Å². The van der Waals surface area contributed by atoms with Crippen LogP contribution in [0.2, 0.25) is 0 Å². The van der Waals surface area contributed by atoms with Gasteiger partial charge in [0.15, 0.2) is 11.6 Å². The minimum atomic E-state index is -0.319. The molecule has 0 aliphatic rings. The first-order valence-corrected chi connectivity index (χ1v) is 6.30. The first kappa shape index (κ1) is 14.3. The van der Waals surface area contributed by atoms with Crippen LogP contribution in [0.5, 0.6) is 5.75 Å². The average Bonchev–Trinajstić information content (AvgIpc) is 2.29. The summed E-state index contributed by atoms with van der Waals surface area (Å²) in [5.41, 5.74) is 0.918. The summed E-state index contributed by atoms with van der Waals surface area (Å²) in [6, 6.07) is 5.01. The van der Waals surface area contributed by atoms with Crippen molar-refractivity contribution in [2.45, 2.75) is 19.9 Å². The predicted molar refractivity (Wildman–Crippen MR) is 69.2 cm³/mol. The van der Waals surface area contributed by atoms with Crippen molar-refractivity contribution in [1.29, 1.82) is 0 Å². The van der Waals surface area contributed by atoms with E-state index in [2.05, 4.69) is 12.2 Å². The molecule has 0 radical (unpaired) electrons. The molecular weight excluding hydrogens is 241 g/mol. The van der Waals surface area contributed by atoms with E-state index in [9.17, 15) is 4.39 Å². The molecule has 0 aromatic heterocycles. The van der Waals surface area contributed by atoms with Crippen molar-refractivity contribution in [1.82, 2.24) is 5.32 Å². The van der Waals surface area contributed by atoms with Gasteiger partial charge in [-0.2, -0.15) is 0 Å².